The maximum atomic E-state index is 5.62. The molecule has 0 unspecified atom stereocenters. The molecule has 0 aliphatic heterocycles. The van der Waals surface area contributed by atoms with Gasteiger partial charge in [0.25, 0.3) is 0 Å². The highest BCUT2D eigenvalue weighted by Crippen LogP contribution is 2.18. The van der Waals surface area contributed by atoms with Crippen molar-refractivity contribution in [3.63, 3.8) is 0 Å². The topological polar surface area (TPSA) is 34.1 Å². The third-order valence-electron chi connectivity index (χ3n) is 2.82. The third-order valence-corrected chi connectivity index (χ3v) is 3.65. The molecular weight excluding hydrogens is 316 g/mol. The van der Waals surface area contributed by atoms with Crippen molar-refractivity contribution in [1.29, 1.82) is 0 Å². The molecule has 2 aromatic rings. The molecular formula is C16H19BrN2O. The van der Waals surface area contributed by atoms with E-state index in [0.29, 0.717) is 0 Å². The van der Waals surface area contributed by atoms with Crippen LogP contribution in [-0.4, -0.2) is 11.1 Å². The standard InChI is InChI=1S/C16H19BrN2O/c1-11(2)20-14-6-4-13(5-7-14)9-18-16-8-12(3)15(17)10-19-16/h4-8,10-11H,9H2,1-3H3,(H,18,19). The number of hydrogen-bond donors (Lipinski definition) is 1. The zero-order valence-electron chi connectivity index (χ0n) is 12.0. The second kappa shape index (κ2) is 6.75. The van der Waals surface area contributed by atoms with Crippen LogP contribution in [0.15, 0.2) is 41.0 Å². The number of aryl methyl sites for hydroxylation is 1. The van der Waals surface area contributed by atoms with Crippen LogP contribution >= 0.6 is 15.9 Å². The van der Waals surface area contributed by atoms with Crippen molar-refractivity contribution in [3.05, 3.63) is 52.1 Å². The SMILES string of the molecule is Cc1cc(NCc2ccc(OC(C)C)cc2)ncc1Br. The van der Waals surface area contributed by atoms with Gasteiger partial charge in [0.1, 0.15) is 11.6 Å². The molecule has 0 saturated heterocycles. The first-order valence-corrected chi connectivity index (χ1v) is 7.45. The van der Waals surface area contributed by atoms with Crippen molar-refractivity contribution >= 4 is 21.7 Å². The summed E-state index contributed by atoms with van der Waals surface area (Å²) in [6.07, 6.45) is 2.02. The molecule has 0 atom stereocenters. The normalized spacial score (nSPS) is 10.7. The highest BCUT2D eigenvalue weighted by molar-refractivity contribution is 9.10. The first-order chi connectivity index (χ1) is 9.54. The molecule has 106 valence electrons. The summed E-state index contributed by atoms with van der Waals surface area (Å²) >= 11 is 3.45. The van der Waals surface area contributed by atoms with Crippen molar-refractivity contribution in [2.45, 2.75) is 33.4 Å². The molecule has 0 spiro atoms. The molecule has 20 heavy (non-hydrogen) atoms. The van der Waals surface area contributed by atoms with Crippen LogP contribution in [0.25, 0.3) is 0 Å². The third kappa shape index (κ3) is 4.23. The van der Waals surface area contributed by atoms with E-state index in [1.54, 1.807) is 0 Å². The Hall–Kier alpha value is -1.55. The molecule has 0 saturated carbocycles. The number of pyridine rings is 1. The van der Waals surface area contributed by atoms with E-state index in [0.717, 1.165) is 22.6 Å². The van der Waals surface area contributed by atoms with Gasteiger partial charge >= 0.3 is 0 Å². The highest BCUT2D eigenvalue weighted by atomic mass is 79.9. The van der Waals surface area contributed by atoms with Gasteiger partial charge in [0.05, 0.1) is 6.10 Å². The van der Waals surface area contributed by atoms with Crippen molar-refractivity contribution in [2.24, 2.45) is 0 Å². The average Bonchev–Trinajstić information content (AvgIpc) is 2.41. The van der Waals surface area contributed by atoms with E-state index in [1.165, 1.54) is 11.1 Å². The van der Waals surface area contributed by atoms with Crippen molar-refractivity contribution < 1.29 is 4.74 Å². The number of rotatable bonds is 5. The van der Waals surface area contributed by atoms with Crippen LogP contribution in [0.5, 0.6) is 5.75 Å². The molecule has 0 amide bonds. The molecule has 0 bridgehead atoms. The zero-order chi connectivity index (χ0) is 14.5. The van der Waals surface area contributed by atoms with Crippen LogP contribution in [0.4, 0.5) is 5.82 Å². The Morgan fingerprint density at radius 2 is 1.95 bits per heavy atom. The minimum absolute atomic E-state index is 0.203. The van der Waals surface area contributed by atoms with E-state index in [4.69, 9.17) is 4.74 Å². The highest BCUT2D eigenvalue weighted by Gasteiger charge is 2.00. The summed E-state index contributed by atoms with van der Waals surface area (Å²) in [5, 5.41) is 3.32. The number of nitrogens with zero attached hydrogens (tertiary/aromatic N) is 1. The number of nitrogens with one attached hydrogen (secondary N) is 1. The van der Waals surface area contributed by atoms with Gasteiger partial charge in [0.15, 0.2) is 0 Å². The fourth-order valence-corrected chi connectivity index (χ4v) is 2.00. The summed E-state index contributed by atoms with van der Waals surface area (Å²) in [6.45, 7) is 6.85. The van der Waals surface area contributed by atoms with Gasteiger partial charge in [-0.05, 0) is 66.0 Å². The lowest BCUT2D eigenvalue weighted by atomic mass is 10.2. The molecule has 3 nitrogen and oxygen atoms in total. The molecule has 1 aromatic heterocycles. The maximum absolute atomic E-state index is 5.62. The lowest BCUT2D eigenvalue weighted by Crippen LogP contribution is -2.06. The Morgan fingerprint density at radius 1 is 1.25 bits per heavy atom. The molecule has 0 radical (unpaired) electrons. The summed E-state index contributed by atoms with van der Waals surface area (Å²) in [4.78, 5) is 4.33. The quantitative estimate of drug-likeness (QED) is 0.870. The lowest BCUT2D eigenvalue weighted by Gasteiger charge is -2.11. The van der Waals surface area contributed by atoms with E-state index in [2.05, 4.69) is 45.3 Å². The Kier molecular flexibility index (Phi) is 5.01. The van der Waals surface area contributed by atoms with Gasteiger partial charge in [-0.1, -0.05) is 12.1 Å². The van der Waals surface area contributed by atoms with Gasteiger partial charge in [-0.15, -0.1) is 0 Å². The van der Waals surface area contributed by atoms with Gasteiger partial charge in [0, 0.05) is 17.2 Å². The molecule has 0 fully saturated rings. The fraction of sp³-hybridized carbons (Fsp3) is 0.312. The summed E-state index contributed by atoms with van der Waals surface area (Å²) in [5.41, 5.74) is 2.37. The molecule has 2 rings (SSSR count). The minimum Gasteiger partial charge on any atom is -0.491 e. The average molecular weight is 335 g/mol. The predicted molar refractivity (Wildman–Crippen MR) is 86.2 cm³/mol. The van der Waals surface area contributed by atoms with Crippen LogP contribution in [0.3, 0.4) is 0 Å². The Morgan fingerprint density at radius 3 is 2.55 bits per heavy atom. The summed E-state index contributed by atoms with van der Waals surface area (Å²) in [5.74, 6) is 1.79. The molecule has 1 heterocycles. The number of aromatic nitrogens is 1. The largest absolute Gasteiger partial charge is 0.491 e. The van der Waals surface area contributed by atoms with Crippen LogP contribution in [0.2, 0.25) is 0 Å². The van der Waals surface area contributed by atoms with E-state index >= 15 is 0 Å². The van der Waals surface area contributed by atoms with E-state index in [-0.39, 0.29) is 6.10 Å². The Balaban J connectivity index is 1.95. The van der Waals surface area contributed by atoms with Crippen molar-refractivity contribution in [2.75, 3.05) is 5.32 Å². The Bertz CT molecular complexity index is 567. The number of halogens is 1. The summed E-state index contributed by atoms with van der Waals surface area (Å²) in [6, 6.07) is 10.2. The zero-order valence-corrected chi connectivity index (χ0v) is 13.6. The number of ether oxygens (including phenoxy) is 1. The molecule has 1 N–H and O–H groups in total. The van der Waals surface area contributed by atoms with Crippen LogP contribution in [0.1, 0.15) is 25.0 Å². The van der Waals surface area contributed by atoms with E-state index in [1.807, 2.05) is 38.2 Å². The van der Waals surface area contributed by atoms with Gasteiger partial charge < -0.3 is 10.1 Å². The first kappa shape index (κ1) is 14.9. The molecule has 4 heteroatoms. The summed E-state index contributed by atoms with van der Waals surface area (Å²) < 4.78 is 6.65. The van der Waals surface area contributed by atoms with Gasteiger partial charge in [0.2, 0.25) is 0 Å². The van der Waals surface area contributed by atoms with Crippen LogP contribution in [0, 0.1) is 6.92 Å². The predicted octanol–water partition coefficient (Wildman–Crippen LogP) is 4.55. The van der Waals surface area contributed by atoms with E-state index < -0.39 is 0 Å². The van der Waals surface area contributed by atoms with Gasteiger partial charge in [-0.3, -0.25) is 0 Å². The van der Waals surface area contributed by atoms with Crippen LogP contribution < -0.4 is 10.1 Å². The number of benzene rings is 1. The summed E-state index contributed by atoms with van der Waals surface area (Å²) in [7, 11) is 0. The minimum atomic E-state index is 0.203. The Labute approximate surface area is 128 Å². The lowest BCUT2D eigenvalue weighted by molar-refractivity contribution is 0.242. The van der Waals surface area contributed by atoms with E-state index in [9.17, 15) is 0 Å². The second-order valence-corrected chi connectivity index (χ2v) is 5.84. The number of hydrogen-bond acceptors (Lipinski definition) is 3. The fourth-order valence-electron chi connectivity index (χ4n) is 1.79. The first-order valence-electron chi connectivity index (χ1n) is 6.66. The maximum Gasteiger partial charge on any atom is 0.126 e. The smallest absolute Gasteiger partial charge is 0.126 e. The van der Waals surface area contributed by atoms with Crippen molar-refractivity contribution in [3.8, 4) is 5.75 Å². The molecule has 0 aliphatic rings. The second-order valence-electron chi connectivity index (χ2n) is 4.98. The van der Waals surface area contributed by atoms with Crippen LogP contribution in [-0.2, 0) is 6.54 Å². The number of anilines is 1. The van der Waals surface area contributed by atoms with Gasteiger partial charge in [-0.25, -0.2) is 4.98 Å². The molecule has 0 aliphatic carbocycles. The monoisotopic (exact) mass is 334 g/mol. The molecule has 1 aromatic carbocycles. The van der Waals surface area contributed by atoms with Crippen molar-refractivity contribution in [1.82, 2.24) is 4.98 Å². The van der Waals surface area contributed by atoms with Gasteiger partial charge in [-0.2, -0.15) is 0 Å².